The topological polar surface area (TPSA) is 64.6 Å². The number of carbonyl (C=O) groups excluding carboxylic acids is 1. The summed E-state index contributed by atoms with van der Waals surface area (Å²) in [6, 6.07) is 9.97. The van der Waals surface area contributed by atoms with Gasteiger partial charge in [0.25, 0.3) is 5.91 Å². The Balaban J connectivity index is 1.39. The second-order valence-corrected chi connectivity index (χ2v) is 7.91. The lowest BCUT2D eigenvalue weighted by Gasteiger charge is -2.22. The number of carbonyl (C=O) groups is 1. The number of quaternary nitrogens is 1. The van der Waals surface area contributed by atoms with Gasteiger partial charge in [-0.25, -0.2) is 0 Å². The van der Waals surface area contributed by atoms with Crippen molar-refractivity contribution in [1.82, 2.24) is 4.90 Å². The summed E-state index contributed by atoms with van der Waals surface area (Å²) in [4.78, 5) is 16.0. The molecule has 2 aliphatic rings. The Hall–Kier alpha value is -2.09. The third kappa shape index (κ3) is 4.80. The highest BCUT2D eigenvalue weighted by molar-refractivity contribution is 7.09. The van der Waals surface area contributed by atoms with Crippen molar-refractivity contribution in [3.63, 3.8) is 0 Å². The molecule has 0 radical (unpaired) electrons. The van der Waals surface area contributed by atoms with E-state index in [0.29, 0.717) is 19.6 Å². The number of benzene rings is 1. The van der Waals surface area contributed by atoms with Crippen LogP contribution in [0.4, 0.5) is 0 Å². The van der Waals surface area contributed by atoms with Crippen LogP contribution in [0.25, 0.3) is 0 Å². The number of amides is 1. The number of nitrogens with two attached hydrogens (primary N) is 1. The lowest BCUT2D eigenvalue weighted by molar-refractivity contribution is -0.650. The number of hydrogen-bond acceptors (Lipinski definition) is 5. The van der Waals surface area contributed by atoms with Gasteiger partial charge in [-0.05, 0) is 42.0 Å². The normalized spacial score (nSPS) is 18.0. The molecule has 0 spiro atoms. The number of fused-ring (bicyclic) bond motifs is 1. The number of thiophene rings is 1. The van der Waals surface area contributed by atoms with Gasteiger partial charge in [0.1, 0.15) is 12.6 Å². The Labute approximate surface area is 163 Å². The van der Waals surface area contributed by atoms with Crippen LogP contribution in [0.1, 0.15) is 23.3 Å². The lowest BCUT2D eigenvalue weighted by atomic mass is 10.2. The van der Waals surface area contributed by atoms with Crippen molar-refractivity contribution in [2.24, 2.45) is 0 Å². The van der Waals surface area contributed by atoms with E-state index in [1.165, 1.54) is 4.88 Å². The molecule has 1 aromatic heterocycles. The van der Waals surface area contributed by atoms with Crippen LogP contribution >= 0.6 is 11.3 Å². The van der Waals surface area contributed by atoms with Gasteiger partial charge in [-0.1, -0.05) is 12.1 Å². The van der Waals surface area contributed by atoms with Crippen molar-refractivity contribution < 1.29 is 24.3 Å². The van der Waals surface area contributed by atoms with Crippen molar-refractivity contribution in [2.75, 3.05) is 26.5 Å². The fourth-order valence-corrected chi connectivity index (χ4v) is 4.15. The van der Waals surface area contributed by atoms with Gasteiger partial charge in [0, 0.05) is 18.0 Å². The molecule has 4 rings (SSSR count). The zero-order valence-electron chi connectivity index (χ0n) is 15.3. The molecule has 0 bridgehead atoms. The predicted molar refractivity (Wildman–Crippen MR) is 102 cm³/mol. The first kappa shape index (κ1) is 18.3. The van der Waals surface area contributed by atoms with E-state index in [2.05, 4.69) is 11.4 Å². The second kappa shape index (κ2) is 8.73. The molecule has 27 heavy (non-hydrogen) atoms. The highest BCUT2D eigenvalue weighted by Gasteiger charge is 2.21. The summed E-state index contributed by atoms with van der Waals surface area (Å²) in [5.41, 5.74) is 1.04. The van der Waals surface area contributed by atoms with Crippen LogP contribution in [0.5, 0.6) is 11.5 Å². The molecule has 3 heterocycles. The van der Waals surface area contributed by atoms with Crippen LogP contribution in [-0.4, -0.2) is 43.4 Å². The van der Waals surface area contributed by atoms with Crippen LogP contribution in [-0.2, 0) is 22.6 Å². The molecule has 2 aliphatic heterocycles. The van der Waals surface area contributed by atoms with Gasteiger partial charge in [-0.3, -0.25) is 4.79 Å². The Morgan fingerprint density at radius 1 is 1.22 bits per heavy atom. The molecule has 1 amide bonds. The average Bonchev–Trinajstić information content (AvgIpc) is 3.43. The van der Waals surface area contributed by atoms with Gasteiger partial charge in [0.05, 0.1) is 6.54 Å². The SMILES string of the molecule is O=C(C[NH2+]C[C@H]1CCCO1)N(Cc1ccc2c(c1)OCO2)Cc1cccs1. The van der Waals surface area contributed by atoms with Gasteiger partial charge < -0.3 is 24.4 Å². The maximum Gasteiger partial charge on any atom is 0.278 e. The van der Waals surface area contributed by atoms with E-state index in [-0.39, 0.29) is 18.8 Å². The van der Waals surface area contributed by atoms with E-state index >= 15 is 0 Å². The summed E-state index contributed by atoms with van der Waals surface area (Å²) in [6.07, 6.45) is 2.51. The van der Waals surface area contributed by atoms with Gasteiger partial charge in [-0.15, -0.1) is 11.3 Å². The Morgan fingerprint density at radius 2 is 2.15 bits per heavy atom. The molecule has 7 heteroatoms. The van der Waals surface area contributed by atoms with Crippen LogP contribution in [0.3, 0.4) is 0 Å². The quantitative estimate of drug-likeness (QED) is 0.747. The van der Waals surface area contributed by atoms with Crippen LogP contribution in [0.15, 0.2) is 35.7 Å². The average molecular weight is 389 g/mol. The molecule has 1 atom stereocenters. The second-order valence-electron chi connectivity index (χ2n) is 6.88. The van der Waals surface area contributed by atoms with Gasteiger partial charge >= 0.3 is 0 Å². The summed E-state index contributed by atoms with van der Waals surface area (Å²) in [5, 5.41) is 4.11. The number of hydrogen-bond donors (Lipinski definition) is 1. The first-order valence-corrected chi connectivity index (χ1v) is 10.3. The summed E-state index contributed by atoms with van der Waals surface area (Å²) in [5.74, 6) is 1.65. The maximum atomic E-state index is 12.9. The van der Waals surface area contributed by atoms with E-state index in [9.17, 15) is 4.79 Å². The molecule has 0 aliphatic carbocycles. The zero-order chi connectivity index (χ0) is 18.5. The maximum absolute atomic E-state index is 12.9. The van der Waals surface area contributed by atoms with Crippen molar-refractivity contribution >= 4 is 17.2 Å². The Kier molecular flexibility index (Phi) is 5.91. The molecular formula is C20H25N2O4S+. The standard InChI is InChI=1S/C20H24N2O4S/c23-20(11-21-10-16-3-1-7-24-16)22(13-17-4-2-8-27-17)12-15-5-6-18-19(9-15)26-14-25-18/h2,4-6,8-9,16,21H,1,3,7,10-14H2/p+1/t16-/m1/s1. The molecule has 1 saturated heterocycles. The van der Waals surface area contributed by atoms with Crippen molar-refractivity contribution in [1.29, 1.82) is 0 Å². The highest BCUT2D eigenvalue weighted by atomic mass is 32.1. The molecule has 0 unspecified atom stereocenters. The minimum absolute atomic E-state index is 0.138. The monoisotopic (exact) mass is 389 g/mol. The first-order chi connectivity index (χ1) is 13.3. The molecule has 2 N–H and O–H groups in total. The fraction of sp³-hybridized carbons (Fsp3) is 0.450. The van der Waals surface area contributed by atoms with Crippen LogP contribution < -0.4 is 14.8 Å². The fourth-order valence-electron chi connectivity index (χ4n) is 3.43. The summed E-state index contributed by atoms with van der Waals surface area (Å²) in [7, 11) is 0. The van der Waals surface area contributed by atoms with Crippen LogP contribution in [0, 0.1) is 0 Å². The molecule has 0 saturated carbocycles. The molecule has 1 fully saturated rings. The van der Waals surface area contributed by atoms with E-state index in [1.54, 1.807) is 11.3 Å². The minimum Gasteiger partial charge on any atom is -0.454 e. The molecule has 1 aromatic carbocycles. The van der Waals surface area contributed by atoms with Crippen molar-refractivity contribution in [2.45, 2.75) is 32.0 Å². The summed E-state index contributed by atoms with van der Waals surface area (Å²) in [6.45, 7) is 3.58. The molecular weight excluding hydrogens is 364 g/mol. The predicted octanol–water partition coefficient (Wildman–Crippen LogP) is 1.75. The smallest absolute Gasteiger partial charge is 0.278 e. The number of rotatable bonds is 8. The third-order valence-corrected chi connectivity index (χ3v) is 5.72. The van der Waals surface area contributed by atoms with E-state index in [1.807, 2.05) is 34.5 Å². The van der Waals surface area contributed by atoms with E-state index < -0.39 is 0 Å². The number of ether oxygens (including phenoxy) is 3. The van der Waals surface area contributed by atoms with Gasteiger partial charge in [-0.2, -0.15) is 0 Å². The van der Waals surface area contributed by atoms with Gasteiger partial charge in [0.2, 0.25) is 6.79 Å². The minimum atomic E-state index is 0.138. The Morgan fingerprint density at radius 3 is 2.96 bits per heavy atom. The first-order valence-electron chi connectivity index (χ1n) is 9.40. The van der Waals surface area contributed by atoms with E-state index in [4.69, 9.17) is 14.2 Å². The zero-order valence-corrected chi connectivity index (χ0v) is 16.1. The Bertz CT molecular complexity index is 759. The molecule has 144 valence electrons. The lowest BCUT2D eigenvalue weighted by Crippen LogP contribution is -2.88. The third-order valence-electron chi connectivity index (χ3n) is 4.86. The molecule has 6 nitrogen and oxygen atoms in total. The molecule has 2 aromatic rings. The van der Waals surface area contributed by atoms with Crippen LogP contribution in [0.2, 0.25) is 0 Å². The largest absolute Gasteiger partial charge is 0.454 e. The highest BCUT2D eigenvalue weighted by Crippen LogP contribution is 2.33. The van der Waals surface area contributed by atoms with Crippen molar-refractivity contribution in [3.05, 3.63) is 46.2 Å². The van der Waals surface area contributed by atoms with Crippen molar-refractivity contribution in [3.8, 4) is 11.5 Å². The summed E-state index contributed by atoms with van der Waals surface area (Å²) < 4.78 is 16.5. The number of nitrogens with zero attached hydrogens (tertiary/aromatic N) is 1. The van der Waals surface area contributed by atoms with E-state index in [0.717, 1.165) is 43.1 Å². The van der Waals surface area contributed by atoms with Gasteiger partial charge in [0.15, 0.2) is 18.0 Å². The summed E-state index contributed by atoms with van der Waals surface area (Å²) >= 11 is 1.67.